The lowest BCUT2D eigenvalue weighted by molar-refractivity contribution is 0.320. The molecule has 2 atom stereocenters. The molecule has 1 aliphatic carbocycles. The number of benzene rings is 1. The Bertz CT molecular complexity index is 591. The number of nitrogens with zero attached hydrogens (tertiary/aromatic N) is 2. The largest absolute Gasteiger partial charge is 0.338 e. The van der Waals surface area contributed by atoms with Gasteiger partial charge < -0.3 is 10.3 Å². The van der Waals surface area contributed by atoms with Crippen LogP contribution in [0.4, 0.5) is 0 Å². The molecule has 1 heterocycles. The lowest BCUT2D eigenvalue weighted by atomic mass is 9.83. The van der Waals surface area contributed by atoms with Crippen molar-refractivity contribution in [3.8, 4) is 0 Å². The normalized spacial score (nSPS) is 19.9. The van der Waals surface area contributed by atoms with Crippen molar-refractivity contribution < 1.29 is 4.52 Å². The van der Waals surface area contributed by atoms with E-state index in [1.54, 1.807) is 0 Å². The van der Waals surface area contributed by atoms with Crippen LogP contribution in [0.25, 0.3) is 0 Å². The summed E-state index contributed by atoms with van der Waals surface area (Å²) in [5.41, 5.74) is 8.92. The molecule has 0 aliphatic heterocycles. The molecule has 3 rings (SSSR count). The second kappa shape index (κ2) is 5.37. The zero-order valence-corrected chi connectivity index (χ0v) is 12.0. The molecule has 4 nitrogen and oxygen atoms in total. The molecule has 1 aromatic carbocycles. The Kier molecular flexibility index (Phi) is 3.57. The van der Waals surface area contributed by atoms with Crippen molar-refractivity contribution >= 4 is 0 Å². The van der Waals surface area contributed by atoms with Crippen molar-refractivity contribution in [3.63, 3.8) is 0 Å². The van der Waals surface area contributed by atoms with Gasteiger partial charge in [0.1, 0.15) is 0 Å². The summed E-state index contributed by atoms with van der Waals surface area (Å²) >= 11 is 0. The number of hydrogen-bond acceptors (Lipinski definition) is 4. The quantitative estimate of drug-likeness (QED) is 0.932. The molecule has 20 heavy (non-hydrogen) atoms. The van der Waals surface area contributed by atoms with Gasteiger partial charge in [0.05, 0.1) is 6.04 Å². The zero-order chi connectivity index (χ0) is 14.1. The van der Waals surface area contributed by atoms with Crippen LogP contribution in [0, 0.1) is 5.92 Å². The molecule has 0 radical (unpaired) electrons. The summed E-state index contributed by atoms with van der Waals surface area (Å²) < 4.78 is 5.34. The maximum absolute atomic E-state index is 6.06. The predicted octanol–water partition coefficient (Wildman–Crippen LogP) is 3.00. The van der Waals surface area contributed by atoms with Crippen molar-refractivity contribution in [3.05, 3.63) is 47.1 Å². The van der Waals surface area contributed by atoms with Gasteiger partial charge in [-0.2, -0.15) is 4.98 Å². The molecule has 106 valence electrons. The highest BCUT2D eigenvalue weighted by Crippen LogP contribution is 2.31. The molecular formula is C16H21N3O. The number of hydrogen-bond donors (Lipinski definition) is 1. The third-order valence-electron chi connectivity index (χ3n) is 4.17. The van der Waals surface area contributed by atoms with Crippen LogP contribution >= 0.6 is 0 Å². The minimum Gasteiger partial charge on any atom is -0.338 e. The fourth-order valence-electron chi connectivity index (χ4n) is 2.75. The van der Waals surface area contributed by atoms with E-state index in [0.717, 1.165) is 25.1 Å². The first-order valence-corrected chi connectivity index (χ1v) is 7.31. The molecule has 0 saturated carbocycles. The van der Waals surface area contributed by atoms with E-state index in [1.165, 1.54) is 11.1 Å². The molecule has 2 aromatic rings. The van der Waals surface area contributed by atoms with Gasteiger partial charge in [-0.3, -0.25) is 0 Å². The van der Waals surface area contributed by atoms with Gasteiger partial charge in [0, 0.05) is 5.92 Å². The summed E-state index contributed by atoms with van der Waals surface area (Å²) in [5, 5.41) is 4.15. The van der Waals surface area contributed by atoms with E-state index in [4.69, 9.17) is 10.3 Å². The summed E-state index contributed by atoms with van der Waals surface area (Å²) in [6.45, 7) is 4.12. The average Bonchev–Trinajstić information content (AvgIpc) is 2.95. The van der Waals surface area contributed by atoms with Crippen LogP contribution in [0.3, 0.4) is 0 Å². The van der Waals surface area contributed by atoms with Gasteiger partial charge in [-0.25, -0.2) is 0 Å². The number of rotatable bonds is 3. The summed E-state index contributed by atoms with van der Waals surface area (Å²) in [5.74, 6) is 2.02. The molecule has 4 heteroatoms. The van der Waals surface area contributed by atoms with Gasteiger partial charge in [-0.15, -0.1) is 0 Å². The summed E-state index contributed by atoms with van der Waals surface area (Å²) in [6.07, 6.45) is 3.15. The zero-order valence-electron chi connectivity index (χ0n) is 12.0. The Morgan fingerprint density at radius 2 is 2.00 bits per heavy atom. The molecule has 0 saturated heterocycles. The molecular weight excluding hydrogens is 250 g/mol. The van der Waals surface area contributed by atoms with E-state index in [-0.39, 0.29) is 6.04 Å². The first-order valence-electron chi connectivity index (χ1n) is 7.31. The molecule has 0 spiro atoms. The van der Waals surface area contributed by atoms with Crippen LogP contribution in [0.1, 0.15) is 55.1 Å². The molecule has 0 bridgehead atoms. The molecule has 0 amide bonds. The third kappa shape index (κ3) is 2.48. The minimum absolute atomic E-state index is 0.174. The second-order valence-electron chi connectivity index (χ2n) is 5.97. The average molecular weight is 271 g/mol. The van der Waals surface area contributed by atoms with Crippen LogP contribution in [-0.2, 0) is 12.8 Å². The van der Waals surface area contributed by atoms with E-state index < -0.39 is 0 Å². The van der Waals surface area contributed by atoms with Crippen molar-refractivity contribution in [1.82, 2.24) is 10.1 Å². The molecule has 1 aromatic heterocycles. The number of aryl methyl sites for hydroxylation is 1. The Hall–Kier alpha value is -1.68. The van der Waals surface area contributed by atoms with Gasteiger partial charge in [0.15, 0.2) is 5.82 Å². The predicted molar refractivity (Wildman–Crippen MR) is 77.3 cm³/mol. The monoisotopic (exact) mass is 271 g/mol. The standard InChI is InChI=1S/C16H21N3O/c1-10(2)14(17)16-18-15(19-20-16)13-8-7-11-5-3-4-6-12(11)9-13/h3-6,10,13-14H,7-9,17H2,1-2H3/t13?,14-/m0/s1. The van der Waals surface area contributed by atoms with Crippen molar-refractivity contribution in [2.24, 2.45) is 11.7 Å². The van der Waals surface area contributed by atoms with E-state index in [0.29, 0.717) is 17.7 Å². The SMILES string of the molecule is CC(C)[C@H](N)c1nc(C2CCc3ccccc3C2)no1. The van der Waals surface area contributed by atoms with Crippen molar-refractivity contribution in [1.29, 1.82) is 0 Å². The summed E-state index contributed by atoms with van der Waals surface area (Å²) in [7, 11) is 0. The van der Waals surface area contributed by atoms with Gasteiger partial charge in [0.25, 0.3) is 0 Å². The van der Waals surface area contributed by atoms with Crippen LogP contribution in [-0.4, -0.2) is 10.1 Å². The lowest BCUT2D eigenvalue weighted by Gasteiger charge is -2.21. The Balaban J connectivity index is 1.78. The number of aromatic nitrogens is 2. The fraction of sp³-hybridized carbons (Fsp3) is 0.500. The molecule has 1 aliphatic rings. The van der Waals surface area contributed by atoms with Crippen LogP contribution in [0.15, 0.2) is 28.8 Å². The number of nitrogens with two attached hydrogens (primary N) is 1. The van der Waals surface area contributed by atoms with Gasteiger partial charge >= 0.3 is 0 Å². The minimum atomic E-state index is -0.174. The first kappa shape index (κ1) is 13.3. The topological polar surface area (TPSA) is 64.9 Å². The van der Waals surface area contributed by atoms with E-state index in [9.17, 15) is 0 Å². The Morgan fingerprint density at radius 1 is 1.25 bits per heavy atom. The maximum Gasteiger partial charge on any atom is 0.243 e. The number of fused-ring (bicyclic) bond motifs is 1. The van der Waals surface area contributed by atoms with Crippen LogP contribution in [0.5, 0.6) is 0 Å². The van der Waals surface area contributed by atoms with E-state index in [1.807, 2.05) is 0 Å². The van der Waals surface area contributed by atoms with Crippen molar-refractivity contribution in [2.75, 3.05) is 0 Å². The first-order chi connectivity index (χ1) is 9.65. The highest BCUT2D eigenvalue weighted by atomic mass is 16.5. The van der Waals surface area contributed by atoms with Crippen LogP contribution < -0.4 is 5.73 Å². The van der Waals surface area contributed by atoms with Crippen molar-refractivity contribution in [2.45, 2.75) is 45.1 Å². The smallest absolute Gasteiger partial charge is 0.243 e. The van der Waals surface area contributed by atoms with Gasteiger partial charge in [0.2, 0.25) is 5.89 Å². The lowest BCUT2D eigenvalue weighted by Crippen LogP contribution is -2.18. The maximum atomic E-state index is 6.06. The fourth-order valence-corrected chi connectivity index (χ4v) is 2.75. The van der Waals surface area contributed by atoms with Crippen LogP contribution in [0.2, 0.25) is 0 Å². The highest BCUT2D eigenvalue weighted by molar-refractivity contribution is 5.31. The third-order valence-corrected chi connectivity index (χ3v) is 4.17. The Morgan fingerprint density at radius 3 is 2.75 bits per heavy atom. The van der Waals surface area contributed by atoms with E-state index in [2.05, 4.69) is 48.3 Å². The van der Waals surface area contributed by atoms with E-state index >= 15 is 0 Å². The Labute approximate surface area is 119 Å². The molecule has 0 fully saturated rings. The summed E-state index contributed by atoms with van der Waals surface area (Å²) in [6, 6.07) is 8.43. The van der Waals surface area contributed by atoms with Gasteiger partial charge in [-0.1, -0.05) is 43.3 Å². The molecule has 2 N–H and O–H groups in total. The molecule has 1 unspecified atom stereocenters. The van der Waals surface area contributed by atoms with Gasteiger partial charge in [-0.05, 0) is 36.3 Å². The second-order valence-corrected chi connectivity index (χ2v) is 5.97. The summed E-state index contributed by atoms with van der Waals surface area (Å²) in [4.78, 5) is 4.53. The highest BCUT2D eigenvalue weighted by Gasteiger charge is 2.26.